The number of allylic oxidation sites excluding steroid dienone is 1. The van der Waals surface area contributed by atoms with Gasteiger partial charge in [0.05, 0.1) is 25.9 Å². The van der Waals surface area contributed by atoms with Crippen LogP contribution in [0.2, 0.25) is 0 Å². The van der Waals surface area contributed by atoms with Crippen molar-refractivity contribution in [2.24, 2.45) is 5.73 Å². The Morgan fingerprint density at radius 2 is 2.03 bits per heavy atom. The fraction of sp³-hybridized carbons (Fsp3) is 0.591. The zero-order valence-electron chi connectivity index (χ0n) is 17.7. The summed E-state index contributed by atoms with van der Waals surface area (Å²) in [5.74, 6) is -0.533. The van der Waals surface area contributed by atoms with E-state index in [-0.39, 0.29) is 30.2 Å². The van der Waals surface area contributed by atoms with Gasteiger partial charge in [0.15, 0.2) is 11.5 Å². The highest BCUT2D eigenvalue weighted by Crippen LogP contribution is 2.25. The molecular formula is C22H35NO6. The number of esters is 1. The Bertz CT molecular complexity index is 644. The first-order chi connectivity index (χ1) is 13.7. The van der Waals surface area contributed by atoms with Gasteiger partial charge in [0.25, 0.3) is 0 Å². The van der Waals surface area contributed by atoms with Crippen LogP contribution in [0.25, 0.3) is 0 Å². The Morgan fingerprint density at radius 3 is 2.72 bits per heavy atom. The Morgan fingerprint density at radius 1 is 1.28 bits per heavy atom. The van der Waals surface area contributed by atoms with Gasteiger partial charge in [0.2, 0.25) is 0 Å². The number of phenols is 2. The second kappa shape index (κ2) is 13.2. The number of rotatable bonds is 14. The third-order valence-electron chi connectivity index (χ3n) is 4.36. The highest BCUT2D eigenvalue weighted by atomic mass is 16.6. The molecule has 4 N–H and O–H groups in total. The van der Waals surface area contributed by atoms with Crippen molar-refractivity contribution in [1.82, 2.24) is 0 Å². The highest BCUT2D eigenvalue weighted by molar-refractivity contribution is 5.69. The van der Waals surface area contributed by atoms with Crippen LogP contribution in [0.15, 0.2) is 30.4 Å². The van der Waals surface area contributed by atoms with E-state index in [9.17, 15) is 15.0 Å². The van der Waals surface area contributed by atoms with Gasteiger partial charge in [-0.25, -0.2) is 0 Å². The van der Waals surface area contributed by atoms with Gasteiger partial charge in [0, 0.05) is 12.8 Å². The fourth-order valence-corrected chi connectivity index (χ4v) is 2.51. The van der Waals surface area contributed by atoms with E-state index in [2.05, 4.69) is 0 Å². The van der Waals surface area contributed by atoms with Gasteiger partial charge in [-0.05, 0) is 57.7 Å². The van der Waals surface area contributed by atoms with Crippen LogP contribution in [0, 0.1) is 0 Å². The van der Waals surface area contributed by atoms with Gasteiger partial charge < -0.3 is 30.2 Å². The zero-order valence-corrected chi connectivity index (χ0v) is 17.7. The molecule has 1 aromatic rings. The molecule has 2 atom stereocenters. The zero-order chi connectivity index (χ0) is 21.7. The molecule has 0 aliphatic rings. The number of phenolic OH excluding ortho intramolecular Hbond substituents is 2. The fourth-order valence-electron chi connectivity index (χ4n) is 2.51. The van der Waals surface area contributed by atoms with Gasteiger partial charge >= 0.3 is 5.97 Å². The molecule has 1 aromatic carbocycles. The van der Waals surface area contributed by atoms with Crippen molar-refractivity contribution in [1.29, 1.82) is 0 Å². The van der Waals surface area contributed by atoms with Crippen LogP contribution in [0.1, 0.15) is 52.0 Å². The van der Waals surface area contributed by atoms with E-state index in [1.165, 1.54) is 12.1 Å². The number of carbonyl (C=O) groups excluding carboxylic acids is 1. The lowest BCUT2D eigenvalue weighted by Gasteiger charge is -2.26. The van der Waals surface area contributed by atoms with Gasteiger partial charge in [-0.15, -0.1) is 0 Å². The quantitative estimate of drug-likeness (QED) is 0.142. The number of unbranched alkanes of at least 4 members (excludes halogenated alkanes) is 1. The minimum Gasteiger partial charge on any atom is -0.504 e. The number of aromatic hydroxyl groups is 2. The van der Waals surface area contributed by atoms with Crippen molar-refractivity contribution in [3.63, 3.8) is 0 Å². The monoisotopic (exact) mass is 409 g/mol. The van der Waals surface area contributed by atoms with Crippen molar-refractivity contribution < 1.29 is 29.2 Å². The van der Waals surface area contributed by atoms with E-state index >= 15 is 0 Å². The molecule has 0 fully saturated rings. The van der Waals surface area contributed by atoms with Crippen LogP contribution in [-0.2, 0) is 25.4 Å². The van der Waals surface area contributed by atoms with E-state index in [1.807, 2.05) is 26.0 Å². The topological polar surface area (TPSA) is 111 Å². The average molecular weight is 410 g/mol. The third kappa shape index (κ3) is 11.5. The van der Waals surface area contributed by atoms with Crippen molar-refractivity contribution >= 4 is 5.97 Å². The number of ether oxygens (including phenoxy) is 3. The summed E-state index contributed by atoms with van der Waals surface area (Å²) in [6, 6.07) is 4.74. The van der Waals surface area contributed by atoms with E-state index in [4.69, 9.17) is 19.9 Å². The molecule has 0 heterocycles. The van der Waals surface area contributed by atoms with Crippen LogP contribution in [-0.4, -0.2) is 47.8 Å². The standard InChI is InChI=1S/C22H35NO6/c1-4-5-13-27-17(2)16-29-22(3,23)12-14-28-21(26)9-7-6-8-18-10-11-19(24)20(25)15-18/h4-5,10-11,15,17,24-25H,6-9,12-14,16,23H2,1-3H3. The first-order valence-corrected chi connectivity index (χ1v) is 10.1. The van der Waals surface area contributed by atoms with Crippen LogP contribution in [0.4, 0.5) is 0 Å². The lowest BCUT2D eigenvalue weighted by molar-refractivity contribution is -0.146. The average Bonchev–Trinajstić information content (AvgIpc) is 2.66. The maximum atomic E-state index is 11.8. The summed E-state index contributed by atoms with van der Waals surface area (Å²) in [4.78, 5) is 11.8. The van der Waals surface area contributed by atoms with Crippen LogP contribution >= 0.6 is 0 Å². The summed E-state index contributed by atoms with van der Waals surface area (Å²) in [6.45, 7) is 6.71. The molecule has 7 nitrogen and oxygen atoms in total. The number of benzene rings is 1. The summed E-state index contributed by atoms with van der Waals surface area (Å²) < 4.78 is 16.4. The smallest absolute Gasteiger partial charge is 0.305 e. The van der Waals surface area contributed by atoms with Gasteiger partial charge in [0.1, 0.15) is 5.72 Å². The molecule has 0 spiro atoms. The molecule has 0 amide bonds. The van der Waals surface area contributed by atoms with Crippen LogP contribution in [0.3, 0.4) is 0 Å². The lowest BCUT2D eigenvalue weighted by Crippen LogP contribution is -2.42. The minimum absolute atomic E-state index is 0.0767. The predicted octanol–water partition coefficient (Wildman–Crippen LogP) is 3.42. The molecule has 0 aromatic heterocycles. The lowest BCUT2D eigenvalue weighted by atomic mass is 10.1. The molecule has 0 bridgehead atoms. The Kier molecular flexibility index (Phi) is 11.3. The van der Waals surface area contributed by atoms with E-state index < -0.39 is 5.72 Å². The van der Waals surface area contributed by atoms with Crippen molar-refractivity contribution in [2.45, 2.75) is 64.7 Å². The van der Waals surface area contributed by atoms with E-state index in [1.54, 1.807) is 13.0 Å². The molecule has 0 aliphatic carbocycles. The second-order valence-corrected chi connectivity index (χ2v) is 7.34. The Balaban J connectivity index is 2.14. The largest absolute Gasteiger partial charge is 0.504 e. The molecule has 29 heavy (non-hydrogen) atoms. The normalized spacial score (nSPS) is 14.6. The first kappa shape index (κ1) is 24.9. The summed E-state index contributed by atoms with van der Waals surface area (Å²) >= 11 is 0. The molecule has 164 valence electrons. The molecule has 2 unspecified atom stereocenters. The highest BCUT2D eigenvalue weighted by Gasteiger charge is 2.21. The third-order valence-corrected chi connectivity index (χ3v) is 4.36. The molecule has 0 saturated carbocycles. The molecule has 7 heteroatoms. The Labute approximate surface area is 173 Å². The Hall–Kier alpha value is -2.09. The van der Waals surface area contributed by atoms with Gasteiger partial charge in [-0.3, -0.25) is 4.79 Å². The first-order valence-electron chi connectivity index (χ1n) is 10.1. The maximum absolute atomic E-state index is 11.8. The molecule has 0 aliphatic heterocycles. The number of hydrogen-bond acceptors (Lipinski definition) is 7. The number of carbonyl (C=O) groups is 1. The molecule has 0 radical (unpaired) electrons. The molecular weight excluding hydrogens is 374 g/mol. The van der Waals surface area contributed by atoms with Crippen molar-refractivity contribution in [2.75, 3.05) is 19.8 Å². The van der Waals surface area contributed by atoms with E-state index in [0.29, 0.717) is 38.9 Å². The van der Waals surface area contributed by atoms with Crippen molar-refractivity contribution in [3.8, 4) is 11.5 Å². The molecule has 0 saturated heterocycles. The maximum Gasteiger partial charge on any atom is 0.305 e. The number of hydrogen-bond donors (Lipinski definition) is 3. The van der Waals surface area contributed by atoms with E-state index in [0.717, 1.165) is 12.0 Å². The minimum atomic E-state index is -0.890. The summed E-state index contributed by atoms with van der Waals surface area (Å²) in [6.07, 6.45) is 6.66. The van der Waals surface area contributed by atoms with Crippen LogP contribution < -0.4 is 5.73 Å². The van der Waals surface area contributed by atoms with Crippen molar-refractivity contribution in [3.05, 3.63) is 35.9 Å². The van der Waals surface area contributed by atoms with Gasteiger partial charge in [-0.1, -0.05) is 18.2 Å². The predicted molar refractivity (Wildman–Crippen MR) is 112 cm³/mol. The molecule has 1 rings (SSSR count). The summed E-state index contributed by atoms with van der Waals surface area (Å²) in [7, 11) is 0. The SMILES string of the molecule is CC=CCOC(C)COC(C)(N)CCOC(=O)CCCCc1ccc(O)c(O)c1. The second-order valence-electron chi connectivity index (χ2n) is 7.34. The number of aryl methyl sites for hydroxylation is 1. The summed E-state index contributed by atoms with van der Waals surface area (Å²) in [5, 5.41) is 18.8. The summed E-state index contributed by atoms with van der Waals surface area (Å²) in [5.41, 5.74) is 6.11. The number of nitrogens with two attached hydrogens (primary N) is 1. The van der Waals surface area contributed by atoms with Gasteiger partial charge in [-0.2, -0.15) is 0 Å². The van der Waals surface area contributed by atoms with Crippen LogP contribution in [0.5, 0.6) is 11.5 Å².